The third-order valence-corrected chi connectivity index (χ3v) is 4.89. The standard InChI is InChI=1S/C22H19N3/c1-3-16-12-15(2)13-17(14-16)24-20-10-6-7-11-21(20)25-19-9-5-4-8-18(19)23-22(24)25/h4-14H,3H2,1-2H3. The van der Waals surface area contributed by atoms with Crippen molar-refractivity contribution in [3.05, 3.63) is 77.9 Å². The average molecular weight is 325 g/mol. The highest BCUT2D eigenvalue weighted by Crippen LogP contribution is 2.29. The second-order valence-electron chi connectivity index (χ2n) is 6.59. The molecule has 0 unspecified atom stereocenters. The minimum absolute atomic E-state index is 0.968. The van der Waals surface area contributed by atoms with Crippen LogP contribution in [0.3, 0.4) is 0 Å². The smallest absolute Gasteiger partial charge is 0.220 e. The Labute approximate surface area is 146 Å². The fourth-order valence-corrected chi connectivity index (χ4v) is 3.78. The lowest BCUT2D eigenvalue weighted by Gasteiger charge is -2.09. The first-order valence-electron chi connectivity index (χ1n) is 8.74. The molecule has 0 fully saturated rings. The number of fused-ring (bicyclic) bond motifs is 5. The number of nitrogens with zero attached hydrogens (tertiary/aromatic N) is 3. The van der Waals surface area contributed by atoms with Crippen molar-refractivity contribution in [1.29, 1.82) is 0 Å². The van der Waals surface area contributed by atoms with E-state index in [-0.39, 0.29) is 0 Å². The summed E-state index contributed by atoms with van der Waals surface area (Å²) < 4.78 is 4.54. The lowest BCUT2D eigenvalue weighted by molar-refractivity contribution is 1.07. The third kappa shape index (κ3) is 2.02. The highest BCUT2D eigenvalue weighted by Gasteiger charge is 2.16. The van der Waals surface area contributed by atoms with Gasteiger partial charge < -0.3 is 0 Å². The van der Waals surface area contributed by atoms with Crippen LogP contribution < -0.4 is 0 Å². The highest BCUT2D eigenvalue weighted by molar-refractivity contribution is 5.92. The van der Waals surface area contributed by atoms with Gasteiger partial charge in [-0.05, 0) is 60.9 Å². The van der Waals surface area contributed by atoms with Crippen molar-refractivity contribution in [3.8, 4) is 5.69 Å². The van der Waals surface area contributed by atoms with Crippen molar-refractivity contribution >= 4 is 27.8 Å². The quantitative estimate of drug-likeness (QED) is 0.431. The van der Waals surface area contributed by atoms with E-state index in [1.165, 1.54) is 27.8 Å². The average Bonchev–Trinajstić information content (AvgIpc) is 3.15. The van der Waals surface area contributed by atoms with Crippen LogP contribution in [0.25, 0.3) is 33.5 Å². The predicted molar refractivity (Wildman–Crippen MR) is 104 cm³/mol. The van der Waals surface area contributed by atoms with E-state index in [9.17, 15) is 0 Å². The van der Waals surface area contributed by atoms with Gasteiger partial charge in [0.05, 0.1) is 22.1 Å². The maximum absolute atomic E-state index is 4.94. The van der Waals surface area contributed by atoms with E-state index in [0.29, 0.717) is 0 Å². The normalized spacial score (nSPS) is 11.8. The fourth-order valence-electron chi connectivity index (χ4n) is 3.78. The van der Waals surface area contributed by atoms with Crippen molar-refractivity contribution in [1.82, 2.24) is 14.0 Å². The number of hydrogen-bond acceptors (Lipinski definition) is 1. The molecule has 0 bridgehead atoms. The molecule has 3 heteroatoms. The van der Waals surface area contributed by atoms with Crippen LogP contribution >= 0.6 is 0 Å². The van der Waals surface area contributed by atoms with Crippen LogP contribution in [-0.2, 0) is 6.42 Å². The monoisotopic (exact) mass is 325 g/mol. The second kappa shape index (κ2) is 5.21. The van der Waals surface area contributed by atoms with Crippen LogP contribution in [0.5, 0.6) is 0 Å². The van der Waals surface area contributed by atoms with Crippen molar-refractivity contribution in [2.24, 2.45) is 0 Å². The number of hydrogen-bond donors (Lipinski definition) is 0. The molecule has 3 nitrogen and oxygen atoms in total. The fraction of sp³-hybridized carbons (Fsp3) is 0.136. The van der Waals surface area contributed by atoms with E-state index in [0.717, 1.165) is 23.2 Å². The van der Waals surface area contributed by atoms with E-state index in [2.05, 4.69) is 83.5 Å². The zero-order valence-corrected chi connectivity index (χ0v) is 14.4. The summed E-state index contributed by atoms with van der Waals surface area (Å²) in [6.07, 6.45) is 1.03. The van der Waals surface area contributed by atoms with Crippen molar-refractivity contribution in [2.45, 2.75) is 20.3 Å². The molecule has 0 saturated carbocycles. The van der Waals surface area contributed by atoms with E-state index in [4.69, 9.17) is 4.98 Å². The van der Waals surface area contributed by atoms with Crippen LogP contribution in [0.1, 0.15) is 18.1 Å². The molecule has 5 rings (SSSR count). The van der Waals surface area contributed by atoms with Gasteiger partial charge in [-0.2, -0.15) is 0 Å². The van der Waals surface area contributed by atoms with Gasteiger partial charge in [-0.15, -0.1) is 0 Å². The number of rotatable bonds is 2. The Morgan fingerprint density at radius 2 is 1.56 bits per heavy atom. The van der Waals surface area contributed by atoms with Gasteiger partial charge in [0.2, 0.25) is 5.78 Å². The lowest BCUT2D eigenvalue weighted by Crippen LogP contribution is -1.97. The molecule has 2 heterocycles. The van der Waals surface area contributed by atoms with Crippen LogP contribution in [0.15, 0.2) is 66.7 Å². The third-order valence-electron chi connectivity index (χ3n) is 4.89. The van der Waals surface area contributed by atoms with Crippen molar-refractivity contribution in [3.63, 3.8) is 0 Å². The first-order valence-corrected chi connectivity index (χ1v) is 8.74. The largest absolute Gasteiger partial charge is 0.278 e. The highest BCUT2D eigenvalue weighted by atomic mass is 15.2. The van der Waals surface area contributed by atoms with Gasteiger partial charge in [0, 0.05) is 5.69 Å². The summed E-state index contributed by atoms with van der Waals surface area (Å²) in [6, 6.07) is 23.6. The summed E-state index contributed by atoms with van der Waals surface area (Å²) in [5.74, 6) is 0.968. The van der Waals surface area contributed by atoms with Crippen molar-refractivity contribution in [2.75, 3.05) is 0 Å². The second-order valence-corrected chi connectivity index (χ2v) is 6.59. The van der Waals surface area contributed by atoms with Gasteiger partial charge in [0.1, 0.15) is 0 Å². The molecule has 0 spiro atoms. The minimum Gasteiger partial charge on any atom is -0.278 e. The molecule has 0 aliphatic heterocycles. The molecule has 122 valence electrons. The van der Waals surface area contributed by atoms with Gasteiger partial charge in [-0.3, -0.25) is 8.97 Å². The van der Waals surface area contributed by atoms with Gasteiger partial charge in [0.15, 0.2) is 0 Å². The maximum atomic E-state index is 4.94. The summed E-state index contributed by atoms with van der Waals surface area (Å²) in [5.41, 5.74) is 8.35. The number of para-hydroxylation sites is 4. The topological polar surface area (TPSA) is 22.2 Å². The summed E-state index contributed by atoms with van der Waals surface area (Å²) >= 11 is 0. The molecule has 0 saturated heterocycles. The molecule has 2 aromatic heterocycles. The van der Waals surface area contributed by atoms with Gasteiger partial charge in [-0.25, -0.2) is 4.98 Å². The number of imidazole rings is 2. The SMILES string of the molecule is CCc1cc(C)cc(-n2c3ccccc3n3c4ccccc4nc23)c1. The zero-order valence-electron chi connectivity index (χ0n) is 14.4. The van der Waals surface area contributed by atoms with E-state index in [1.807, 2.05) is 6.07 Å². The van der Waals surface area contributed by atoms with Crippen LogP contribution in [-0.4, -0.2) is 14.0 Å². The van der Waals surface area contributed by atoms with E-state index in [1.54, 1.807) is 0 Å². The first-order chi connectivity index (χ1) is 12.3. The summed E-state index contributed by atoms with van der Waals surface area (Å²) in [7, 11) is 0. The Morgan fingerprint density at radius 3 is 2.36 bits per heavy atom. The molecule has 0 N–H and O–H groups in total. The van der Waals surface area contributed by atoms with Crippen LogP contribution in [0, 0.1) is 6.92 Å². The molecule has 0 aliphatic carbocycles. The lowest BCUT2D eigenvalue weighted by atomic mass is 10.1. The molecule has 0 atom stereocenters. The summed E-state index contributed by atoms with van der Waals surface area (Å²) in [6.45, 7) is 4.36. The van der Waals surface area contributed by atoms with Crippen molar-refractivity contribution < 1.29 is 0 Å². The van der Waals surface area contributed by atoms with Gasteiger partial charge in [0.25, 0.3) is 0 Å². The van der Waals surface area contributed by atoms with Gasteiger partial charge >= 0.3 is 0 Å². The molecule has 0 radical (unpaired) electrons. The Kier molecular flexibility index (Phi) is 2.98. The summed E-state index contributed by atoms with van der Waals surface area (Å²) in [5, 5.41) is 0. The Bertz CT molecular complexity index is 1240. The molecule has 3 aromatic carbocycles. The first kappa shape index (κ1) is 14.3. The van der Waals surface area contributed by atoms with Gasteiger partial charge in [-0.1, -0.05) is 37.3 Å². The molecular weight excluding hydrogens is 306 g/mol. The zero-order chi connectivity index (χ0) is 17.0. The summed E-state index contributed by atoms with van der Waals surface area (Å²) in [4.78, 5) is 4.94. The van der Waals surface area contributed by atoms with E-state index >= 15 is 0 Å². The van der Waals surface area contributed by atoms with Crippen LogP contribution in [0.4, 0.5) is 0 Å². The minimum atomic E-state index is 0.968. The van der Waals surface area contributed by atoms with E-state index < -0.39 is 0 Å². The number of aryl methyl sites for hydroxylation is 2. The molecule has 0 aliphatic rings. The van der Waals surface area contributed by atoms with Crippen LogP contribution in [0.2, 0.25) is 0 Å². The number of benzene rings is 3. The molecular formula is C22H19N3. The number of aromatic nitrogens is 3. The Hall–Kier alpha value is -3.07. The Morgan fingerprint density at radius 1 is 0.840 bits per heavy atom. The Balaban J connectivity index is 1.98. The predicted octanol–water partition coefficient (Wildman–Crippen LogP) is 5.30. The molecule has 25 heavy (non-hydrogen) atoms. The maximum Gasteiger partial charge on any atom is 0.220 e. The molecule has 5 aromatic rings. The molecule has 0 amide bonds.